The number of aryl methyl sites for hydroxylation is 1. The van der Waals surface area contributed by atoms with Crippen LogP contribution >= 0.6 is 0 Å². The van der Waals surface area contributed by atoms with E-state index >= 15 is 0 Å². The lowest BCUT2D eigenvalue weighted by Crippen LogP contribution is -2.37. The molecule has 1 heterocycles. The summed E-state index contributed by atoms with van der Waals surface area (Å²) in [6.45, 7) is 11.4. The van der Waals surface area contributed by atoms with Gasteiger partial charge in [0.15, 0.2) is 0 Å². The van der Waals surface area contributed by atoms with Gasteiger partial charge < -0.3 is 5.32 Å². The number of hydrogen-bond donors (Lipinski definition) is 1. The highest BCUT2D eigenvalue weighted by molar-refractivity contribution is 5.04. The quantitative estimate of drug-likeness (QED) is 0.804. The molecular formula is C10H19N3O. The highest BCUT2D eigenvalue weighted by Gasteiger charge is 2.19. The smallest absolute Gasteiger partial charge is 0.121 e. The van der Waals surface area contributed by atoms with Crippen molar-refractivity contribution in [2.75, 3.05) is 0 Å². The van der Waals surface area contributed by atoms with Crippen molar-refractivity contribution in [3.63, 3.8) is 0 Å². The predicted molar refractivity (Wildman–Crippen MR) is 54.8 cm³/mol. The van der Waals surface area contributed by atoms with Gasteiger partial charge in [-0.3, -0.25) is 0 Å². The zero-order valence-corrected chi connectivity index (χ0v) is 9.59. The highest BCUT2D eigenvalue weighted by atomic mass is 16.6. The van der Waals surface area contributed by atoms with E-state index in [0.29, 0.717) is 12.6 Å². The van der Waals surface area contributed by atoms with Crippen LogP contribution in [-0.4, -0.2) is 16.4 Å². The Morgan fingerprint density at radius 3 is 2.43 bits per heavy atom. The van der Waals surface area contributed by atoms with Gasteiger partial charge in [0.1, 0.15) is 11.4 Å². The van der Waals surface area contributed by atoms with Gasteiger partial charge in [-0.15, -0.1) is 0 Å². The van der Waals surface area contributed by atoms with Gasteiger partial charge in [-0.25, -0.2) is 4.63 Å². The Hall–Kier alpha value is -0.900. The first kappa shape index (κ1) is 11.2. The van der Waals surface area contributed by atoms with E-state index in [4.69, 9.17) is 0 Å². The molecular weight excluding hydrogens is 178 g/mol. The zero-order chi connectivity index (χ0) is 10.8. The summed E-state index contributed by atoms with van der Waals surface area (Å²) in [6, 6.07) is 0.429. The first-order valence-electron chi connectivity index (χ1n) is 4.92. The molecule has 0 aliphatic heterocycles. The van der Waals surface area contributed by atoms with E-state index in [9.17, 15) is 0 Å². The molecule has 1 N–H and O–H groups in total. The fraction of sp³-hybridized carbons (Fsp3) is 0.800. The highest BCUT2D eigenvalue weighted by Crippen LogP contribution is 2.18. The molecule has 0 saturated carbocycles. The molecule has 4 heteroatoms. The SMILES string of the molecule is Cc1nonc1CNC(C)C(C)(C)C. The van der Waals surface area contributed by atoms with Crippen LogP contribution in [0.2, 0.25) is 0 Å². The van der Waals surface area contributed by atoms with Crippen molar-refractivity contribution in [1.82, 2.24) is 15.6 Å². The normalized spacial score (nSPS) is 14.4. The molecule has 0 radical (unpaired) electrons. The van der Waals surface area contributed by atoms with E-state index in [2.05, 4.69) is 48.0 Å². The Morgan fingerprint density at radius 2 is 2.00 bits per heavy atom. The van der Waals surface area contributed by atoms with Crippen LogP contribution in [0.1, 0.15) is 39.1 Å². The van der Waals surface area contributed by atoms with Gasteiger partial charge in [-0.05, 0) is 19.3 Å². The van der Waals surface area contributed by atoms with E-state index < -0.39 is 0 Å². The summed E-state index contributed by atoms with van der Waals surface area (Å²) in [5.74, 6) is 0. The number of nitrogens with zero attached hydrogens (tertiary/aromatic N) is 2. The second kappa shape index (κ2) is 4.09. The standard InChI is InChI=1S/C10H19N3O/c1-7-9(13-14-12-7)6-11-8(2)10(3,4)5/h8,11H,6H2,1-5H3. The number of aromatic nitrogens is 2. The lowest BCUT2D eigenvalue weighted by atomic mass is 9.88. The summed E-state index contributed by atoms with van der Waals surface area (Å²) in [4.78, 5) is 0. The van der Waals surface area contributed by atoms with Crippen molar-refractivity contribution in [3.05, 3.63) is 11.4 Å². The molecule has 4 nitrogen and oxygen atoms in total. The van der Waals surface area contributed by atoms with Gasteiger partial charge in [0.05, 0.1) is 0 Å². The van der Waals surface area contributed by atoms with Crippen LogP contribution in [0.25, 0.3) is 0 Å². The van der Waals surface area contributed by atoms with Crippen molar-refractivity contribution in [2.45, 2.75) is 47.2 Å². The molecule has 0 aliphatic carbocycles. The number of hydrogen-bond acceptors (Lipinski definition) is 4. The van der Waals surface area contributed by atoms with Crippen LogP contribution in [0.3, 0.4) is 0 Å². The molecule has 0 aliphatic rings. The van der Waals surface area contributed by atoms with Gasteiger partial charge in [0.2, 0.25) is 0 Å². The topological polar surface area (TPSA) is 51.0 Å². The minimum absolute atomic E-state index is 0.255. The van der Waals surface area contributed by atoms with E-state index in [1.807, 2.05) is 6.92 Å². The first-order chi connectivity index (χ1) is 6.41. The van der Waals surface area contributed by atoms with Crippen LogP contribution in [0, 0.1) is 12.3 Å². The van der Waals surface area contributed by atoms with Crippen molar-refractivity contribution in [3.8, 4) is 0 Å². The third kappa shape index (κ3) is 2.80. The third-order valence-electron chi connectivity index (χ3n) is 2.62. The van der Waals surface area contributed by atoms with Crippen molar-refractivity contribution >= 4 is 0 Å². The fourth-order valence-corrected chi connectivity index (χ4v) is 0.966. The zero-order valence-electron chi connectivity index (χ0n) is 9.59. The third-order valence-corrected chi connectivity index (χ3v) is 2.62. The average molecular weight is 197 g/mol. The Labute approximate surface area is 85.0 Å². The van der Waals surface area contributed by atoms with Crippen LogP contribution in [0.5, 0.6) is 0 Å². The minimum atomic E-state index is 0.255. The molecule has 1 unspecified atom stereocenters. The molecule has 1 aromatic heterocycles. The van der Waals surface area contributed by atoms with Crippen LogP contribution in [-0.2, 0) is 6.54 Å². The monoisotopic (exact) mass is 197 g/mol. The van der Waals surface area contributed by atoms with Gasteiger partial charge in [-0.1, -0.05) is 31.1 Å². The molecule has 80 valence electrons. The molecule has 0 saturated heterocycles. The van der Waals surface area contributed by atoms with E-state index in [0.717, 1.165) is 11.4 Å². The maximum absolute atomic E-state index is 4.62. The summed E-state index contributed by atoms with van der Waals surface area (Å²) >= 11 is 0. The second-order valence-electron chi connectivity index (χ2n) is 4.76. The Bertz CT molecular complexity index is 288. The maximum Gasteiger partial charge on any atom is 0.121 e. The predicted octanol–water partition coefficient (Wildman–Crippen LogP) is 1.90. The summed E-state index contributed by atoms with van der Waals surface area (Å²) in [5.41, 5.74) is 2.00. The van der Waals surface area contributed by atoms with Crippen LogP contribution < -0.4 is 5.32 Å². The summed E-state index contributed by atoms with van der Waals surface area (Å²) < 4.78 is 4.62. The van der Waals surface area contributed by atoms with Crippen LogP contribution in [0.4, 0.5) is 0 Å². The molecule has 0 aromatic carbocycles. The van der Waals surface area contributed by atoms with Crippen molar-refractivity contribution < 1.29 is 4.63 Å². The van der Waals surface area contributed by atoms with E-state index in [-0.39, 0.29) is 5.41 Å². The van der Waals surface area contributed by atoms with Gasteiger partial charge in [-0.2, -0.15) is 0 Å². The Kier molecular flexibility index (Phi) is 3.26. The fourth-order valence-electron chi connectivity index (χ4n) is 0.966. The lowest BCUT2D eigenvalue weighted by Gasteiger charge is -2.27. The largest absolute Gasteiger partial charge is 0.308 e. The average Bonchev–Trinajstić information content (AvgIpc) is 2.45. The molecule has 14 heavy (non-hydrogen) atoms. The first-order valence-corrected chi connectivity index (χ1v) is 4.92. The summed E-state index contributed by atoms with van der Waals surface area (Å²) in [5, 5.41) is 11.0. The molecule has 0 bridgehead atoms. The number of rotatable bonds is 3. The van der Waals surface area contributed by atoms with Gasteiger partial charge in [0.25, 0.3) is 0 Å². The maximum atomic E-state index is 4.62. The van der Waals surface area contributed by atoms with Gasteiger partial charge >= 0.3 is 0 Å². The van der Waals surface area contributed by atoms with Crippen molar-refractivity contribution in [2.24, 2.45) is 5.41 Å². The second-order valence-corrected chi connectivity index (χ2v) is 4.76. The molecule has 1 atom stereocenters. The Balaban J connectivity index is 2.46. The van der Waals surface area contributed by atoms with E-state index in [1.54, 1.807) is 0 Å². The minimum Gasteiger partial charge on any atom is -0.308 e. The molecule has 1 rings (SSSR count). The molecule has 0 fully saturated rings. The molecule has 1 aromatic rings. The lowest BCUT2D eigenvalue weighted by molar-refractivity contribution is 0.276. The van der Waals surface area contributed by atoms with Crippen molar-refractivity contribution in [1.29, 1.82) is 0 Å². The van der Waals surface area contributed by atoms with Crippen LogP contribution in [0.15, 0.2) is 4.63 Å². The van der Waals surface area contributed by atoms with E-state index in [1.165, 1.54) is 0 Å². The summed E-state index contributed by atoms with van der Waals surface area (Å²) in [7, 11) is 0. The molecule has 0 spiro atoms. The van der Waals surface area contributed by atoms with Gasteiger partial charge in [0, 0.05) is 12.6 Å². The summed E-state index contributed by atoms with van der Waals surface area (Å²) in [6.07, 6.45) is 0. The number of nitrogens with one attached hydrogen (secondary N) is 1. The molecule has 0 amide bonds. The Morgan fingerprint density at radius 1 is 1.36 bits per heavy atom.